The molecule has 0 saturated heterocycles. The topological polar surface area (TPSA) is 153 Å². The average Bonchev–Trinajstić information content (AvgIpc) is 3.07. The molecule has 0 fully saturated rings. The summed E-state index contributed by atoms with van der Waals surface area (Å²) in [6, 6.07) is 8.29. The van der Waals surface area contributed by atoms with Gasteiger partial charge in [-0.1, -0.05) is 6.07 Å². The van der Waals surface area contributed by atoms with Gasteiger partial charge in [0.1, 0.15) is 28.7 Å². The summed E-state index contributed by atoms with van der Waals surface area (Å²) in [5.74, 6) is -3.59. The number of hydrogen-bond acceptors (Lipinski definition) is 8. The van der Waals surface area contributed by atoms with Crippen molar-refractivity contribution < 1.29 is 33.3 Å². The summed E-state index contributed by atoms with van der Waals surface area (Å²) in [5, 5.41) is 23.9. The molecule has 1 amide bonds. The minimum atomic E-state index is -0.890. The number of pyridine rings is 3. The van der Waals surface area contributed by atoms with Crippen LogP contribution in [-0.4, -0.2) is 42.8 Å². The maximum absolute atomic E-state index is 14.0. The fraction of sp³-hybridized carbons (Fsp3) is 0.306. The van der Waals surface area contributed by atoms with Crippen molar-refractivity contribution >= 4 is 33.7 Å². The van der Waals surface area contributed by atoms with Crippen molar-refractivity contribution in [2.45, 2.75) is 65.1 Å². The molecule has 5 aromatic rings. The molecule has 3 aromatic heterocycles. The Balaban J connectivity index is 0.000000174. The summed E-state index contributed by atoms with van der Waals surface area (Å²) in [6.07, 6.45) is 5.77. The third-order valence-corrected chi connectivity index (χ3v) is 9.07. The number of nitrogens with one attached hydrogen (secondary N) is 1. The second-order valence-electron chi connectivity index (χ2n) is 12.3. The van der Waals surface area contributed by atoms with Crippen LogP contribution >= 0.6 is 0 Å². The smallest absolute Gasteiger partial charge is 0.347 e. The quantitative estimate of drug-likeness (QED) is 0.215. The molecule has 5 heterocycles. The normalized spacial score (nSPS) is 16.2. The van der Waals surface area contributed by atoms with Gasteiger partial charge in [0.15, 0.2) is 5.56 Å². The van der Waals surface area contributed by atoms with Crippen LogP contribution in [-0.2, 0) is 24.1 Å². The number of carbonyl (C=O) groups is 2. The van der Waals surface area contributed by atoms with E-state index in [4.69, 9.17) is 4.74 Å². The number of nitrogens with zero attached hydrogens (tertiary/aromatic N) is 3. The molecule has 13 heteroatoms. The van der Waals surface area contributed by atoms with Crippen LogP contribution in [0.5, 0.6) is 11.5 Å². The number of ether oxygens (including phenoxy) is 1. The number of aromatic hydroxyl groups is 2. The number of amides is 1. The van der Waals surface area contributed by atoms with Crippen LogP contribution < -0.4 is 16.4 Å². The van der Waals surface area contributed by atoms with Crippen molar-refractivity contribution in [3.05, 3.63) is 109 Å². The standard InChI is InChI=1S/C20H18FN3O3.C16H16FNO4/c1-11-4-5-13-7-14(21)8-15-17(13)24(11)20(27)16(18(15)25)19(26)23-10-12-3-2-6-22-9-12;1-3-22-16(21)12-14(19)11-7-10(17)6-9-5-4-8(2)18(13(9)11)15(12)20/h2-3,6-9,11,25H,4-5,10H2,1H3,(H,23,26);6-8,19H,3-5H2,1-2H3. The van der Waals surface area contributed by atoms with E-state index >= 15 is 0 Å². The van der Waals surface area contributed by atoms with E-state index in [0.717, 1.165) is 11.6 Å². The maximum Gasteiger partial charge on any atom is 0.347 e. The second kappa shape index (κ2) is 13.1. The lowest BCUT2D eigenvalue weighted by molar-refractivity contribution is 0.0520. The lowest BCUT2D eigenvalue weighted by atomic mass is 9.95. The van der Waals surface area contributed by atoms with Crippen LogP contribution in [0.25, 0.3) is 21.8 Å². The Labute approximate surface area is 278 Å². The third-order valence-electron chi connectivity index (χ3n) is 9.07. The minimum Gasteiger partial charge on any atom is -0.506 e. The largest absolute Gasteiger partial charge is 0.506 e. The first-order valence-corrected chi connectivity index (χ1v) is 16.0. The first-order valence-electron chi connectivity index (χ1n) is 16.0. The van der Waals surface area contributed by atoms with E-state index in [0.29, 0.717) is 47.8 Å². The van der Waals surface area contributed by atoms with Crippen LogP contribution in [0.15, 0.2) is 58.4 Å². The molecule has 49 heavy (non-hydrogen) atoms. The molecule has 2 unspecified atom stereocenters. The van der Waals surface area contributed by atoms with Crippen LogP contribution in [0, 0.1) is 11.6 Å². The molecule has 11 nitrogen and oxygen atoms in total. The van der Waals surface area contributed by atoms with Gasteiger partial charge >= 0.3 is 5.97 Å². The average molecular weight is 673 g/mol. The Hall–Kier alpha value is -5.59. The van der Waals surface area contributed by atoms with E-state index in [-0.39, 0.29) is 41.6 Å². The Morgan fingerprint density at radius 2 is 1.43 bits per heavy atom. The summed E-state index contributed by atoms with van der Waals surface area (Å²) in [7, 11) is 0. The zero-order valence-corrected chi connectivity index (χ0v) is 27.0. The summed E-state index contributed by atoms with van der Waals surface area (Å²) < 4.78 is 35.6. The van der Waals surface area contributed by atoms with Gasteiger partial charge in [0.2, 0.25) is 0 Å². The summed E-state index contributed by atoms with van der Waals surface area (Å²) in [4.78, 5) is 54.3. The highest BCUT2D eigenvalue weighted by Gasteiger charge is 2.30. The molecule has 254 valence electrons. The monoisotopic (exact) mass is 672 g/mol. The van der Waals surface area contributed by atoms with Crippen LogP contribution in [0.4, 0.5) is 8.78 Å². The summed E-state index contributed by atoms with van der Waals surface area (Å²) >= 11 is 0. The van der Waals surface area contributed by atoms with E-state index in [9.17, 15) is 38.2 Å². The molecule has 2 aliphatic rings. The molecular formula is C36H34F2N4O7. The number of carbonyl (C=O) groups excluding carboxylic acids is 2. The molecule has 2 atom stereocenters. The Kier molecular flexibility index (Phi) is 8.93. The van der Waals surface area contributed by atoms with Crippen molar-refractivity contribution in [2.75, 3.05) is 6.61 Å². The van der Waals surface area contributed by atoms with E-state index in [1.807, 2.05) is 13.8 Å². The fourth-order valence-corrected chi connectivity index (χ4v) is 6.73. The predicted molar refractivity (Wildman–Crippen MR) is 177 cm³/mol. The van der Waals surface area contributed by atoms with E-state index < -0.39 is 51.7 Å². The second-order valence-corrected chi connectivity index (χ2v) is 12.3. The molecule has 3 N–H and O–H groups in total. The first-order chi connectivity index (χ1) is 23.4. The van der Waals surface area contributed by atoms with Crippen molar-refractivity contribution in [3.63, 3.8) is 0 Å². The SMILES string of the molecule is CC1CCc2cc(F)cc3c(O)c(C(=O)NCc4cccnc4)c(=O)n1c23.CCOC(=O)c1c(O)c2cc(F)cc3c2n(c1=O)C(C)CC3. The number of benzene rings is 2. The number of esters is 1. The van der Waals surface area contributed by atoms with Crippen LogP contribution in [0.1, 0.15) is 83.1 Å². The van der Waals surface area contributed by atoms with Gasteiger partial charge in [-0.15, -0.1) is 0 Å². The molecule has 0 saturated carbocycles. The van der Waals surface area contributed by atoms with Crippen molar-refractivity contribution in [1.82, 2.24) is 19.4 Å². The molecule has 0 radical (unpaired) electrons. The number of hydrogen-bond donors (Lipinski definition) is 3. The zero-order valence-electron chi connectivity index (χ0n) is 27.0. The Morgan fingerprint density at radius 1 is 0.898 bits per heavy atom. The number of rotatable bonds is 5. The lowest BCUT2D eigenvalue weighted by Gasteiger charge is -2.26. The number of aryl methyl sites for hydroxylation is 2. The predicted octanol–water partition coefficient (Wildman–Crippen LogP) is 5.21. The van der Waals surface area contributed by atoms with Gasteiger partial charge in [0.25, 0.3) is 17.0 Å². The van der Waals surface area contributed by atoms with Gasteiger partial charge in [-0.05, 0) is 93.5 Å². The molecule has 2 aromatic carbocycles. The molecule has 0 aliphatic carbocycles. The van der Waals surface area contributed by atoms with Crippen molar-refractivity contribution in [3.8, 4) is 11.5 Å². The minimum absolute atomic E-state index is 0.0830. The van der Waals surface area contributed by atoms with Crippen LogP contribution in [0.2, 0.25) is 0 Å². The van der Waals surface area contributed by atoms with Crippen molar-refractivity contribution in [2.24, 2.45) is 0 Å². The highest BCUT2D eigenvalue weighted by atomic mass is 19.1. The Morgan fingerprint density at radius 3 is 1.94 bits per heavy atom. The number of halogens is 2. The van der Waals surface area contributed by atoms with Gasteiger partial charge in [-0.25, -0.2) is 13.6 Å². The van der Waals surface area contributed by atoms with E-state index in [1.54, 1.807) is 31.5 Å². The summed E-state index contributed by atoms with van der Waals surface area (Å²) in [5.41, 5.74) is 1.13. The molecular weight excluding hydrogens is 638 g/mol. The van der Waals surface area contributed by atoms with Gasteiger partial charge < -0.3 is 29.4 Å². The summed E-state index contributed by atoms with van der Waals surface area (Å²) in [6.45, 7) is 5.59. The molecule has 7 rings (SSSR count). The van der Waals surface area contributed by atoms with Gasteiger partial charge in [-0.2, -0.15) is 0 Å². The molecule has 2 aliphatic heterocycles. The lowest BCUT2D eigenvalue weighted by Crippen LogP contribution is -2.36. The van der Waals surface area contributed by atoms with Crippen LogP contribution in [0.3, 0.4) is 0 Å². The van der Waals surface area contributed by atoms with E-state index in [2.05, 4.69) is 10.3 Å². The van der Waals surface area contributed by atoms with Gasteiger partial charge in [0.05, 0.1) is 17.6 Å². The molecule has 0 spiro atoms. The van der Waals surface area contributed by atoms with Gasteiger partial charge in [0, 0.05) is 41.8 Å². The maximum atomic E-state index is 14.0. The first kappa shape index (κ1) is 33.3. The van der Waals surface area contributed by atoms with Gasteiger partial charge in [-0.3, -0.25) is 19.4 Å². The third kappa shape index (κ3) is 5.89. The zero-order chi connectivity index (χ0) is 35.1. The Bertz CT molecular complexity index is 2270. The van der Waals surface area contributed by atoms with E-state index in [1.165, 1.54) is 27.3 Å². The molecule has 0 bridgehead atoms. The van der Waals surface area contributed by atoms with Crippen molar-refractivity contribution in [1.29, 1.82) is 0 Å². The fourth-order valence-electron chi connectivity index (χ4n) is 6.73. The highest BCUT2D eigenvalue weighted by Crippen LogP contribution is 2.37. The number of aromatic nitrogens is 3. The highest BCUT2D eigenvalue weighted by molar-refractivity contribution is 6.03.